The van der Waals surface area contributed by atoms with Crippen LogP contribution in [-0.4, -0.2) is 21.4 Å². The first-order chi connectivity index (χ1) is 6.37. The number of hydrogen-bond acceptors (Lipinski definition) is 3. The summed E-state index contributed by atoms with van der Waals surface area (Å²) in [4.78, 5) is 11.4. The van der Waals surface area contributed by atoms with Gasteiger partial charge in [-0.05, 0) is 33.3 Å². The monoisotopic (exact) mass is 196 g/mol. The average molecular weight is 196 g/mol. The van der Waals surface area contributed by atoms with E-state index in [9.17, 15) is 4.79 Å². The number of aryl methyl sites for hydroxylation is 1. The zero-order valence-corrected chi connectivity index (χ0v) is 9.07. The average Bonchev–Trinajstić information content (AvgIpc) is 2.30. The Morgan fingerprint density at radius 1 is 1.57 bits per heavy atom. The molecule has 4 nitrogen and oxygen atoms in total. The Morgan fingerprint density at radius 3 is 2.64 bits per heavy atom. The number of carbonyl (C=O) groups excluding carboxylic acids is 1. The number of carbonyl (C=O) groups is 1. The van der Waals surface area contributed by atoms with Crippen molar-refractivity contribution in [3.8, 4) is 0 Å². The SMILES string of the molecule is Cc1cnn(CC(=O)OC(C)(C)C)c1. The molecule has 0 aliphatic rings. The Kier molecular flexibility index (Phi) is 2.93. The number of hydrogen-bond donors (Lipinski definition) is 0. The Hall–Kier alpha value is -1.32. The molecule has 0 amide bonds. The highest BCUT2D eigenvalue weighted by molar-refractivity contribution is 5.69. The molecule has 1 aromatic rings. The molecule has 0 aliphatic carbocycles. The van der Waals surface area contributed by atoms with Gasteiger partial charge in [-0.1, -0.05) is 0 Å². The van der Waals surface area contributed by atoms with Crippen LogP contribution in [0.2, 0.25) is 0 Å². The fourth-order valence-corrected chi connectivity index (χ4v) is 1.06. The Morgan fingerprint density at radius 2 is 2.21 bits per heavy atom. The molecule has 0 saturated carbocycles. The van der Waals surface area contributed by atoms with E-state index in [1.54, 1.807) is 10.9 Å². The summed E-state index contributed by atoms with van der Waals surface area (Å²) in [6, 6.07) is 0. The van der Waals surface area contributed by atoms with E-state index in [1.165, 1.54) is 0 Å². The van der Waals surface area contributed by atoms with Crippen molar-refractivity contribution in [2.75, 3.05) is 0 Å². The summed E-state index contributed by atoms with van der Waals surface area (Å²) in [6.45, 7) is 7.64. The molecular formula is C10H16N2O2. The van der Waals surface area contributed by atoms with Gasteiger partial charge in [0.2, 0.25) is 0 Å². The summed E-state index contributed by atoms with van der Waals surface area (Å²) >= 11 is 0. The van der Waals surface area contributed by atoms with Crippen molar-refractivity contribution >= 4 is 5.97 Å². The van der Waals surface area contributed by atoms with Crippen molar-refractivity contribution in [1.82, 2.24) is 9.78 Å². The molecule has 1 aromatic heterocycles. The van der Waals surface area contributed by atoms with Gasteiger partial charge in [0.1, 0.15) is 12.1 Å². The zero-order valence-electron chi connectivity index (χ0n) is 9.07. The van der Waals surface area contributed by atoms with Crippen LogP contribution in [0.25, 0.3) is 0 Å². The molecule has 1 heterocycles. The minimum absolute atomic E-state index is 0.172. The number of esters is 1. The van der Waals surface area contributed by atoms with Crippen molar-refractivity contribution < 1.29 is 9.53 Å². The second-order valence-electron chi connectivity index (χ2n) is 4.30. The number of nitrogens with zero attached hydrogens (tertiary/aromatic N) is 2. The van der Waals surface area contributed by atoms with Gasteiger partial charge in [-0.2, -0.15) is 5.10 Å². The predicted octanol–water partition coefficient (Wildman–Crippen LogP) is 1.53. The topological polar surface area (TPSA) is 44.1 Å². The minimum atomic E-state index is -0.431. The third kappa shape index (κ3) is 3.60. The van der Waals surface area contributed by atoms with Crippen molar-refractivity contribution in [1.29, 1.82) is 0 Å². The van der Waals surface area contributed by atoms with Gasteiger partial charge in [0.05, 0.1) is 6.20 Å². The second-order valence-corrected chi connectivity index (χ2v) is 4.30. The first-order valence-corrected chi connectivity index (χ1v) is 4.58. The predicted molar refractivity (Wildman–Crippen MR) is 52.8 cm³/mol. The van der Waals surface area contributed by atoms with E-state index in [4.69, 9.17) is 4.74 Å². The highest BCUT2D eigenvalue weighted by atomic mass is 16.6. The van der Waals surface area contributed by atoms with Gasteiger partial charge >= 0.3 is 5.97 Å². The van der Waals surface area contributed by atoms with E-state index in [1.807, 2.05) is 33.9 Å². The first-order valence-electron chi connectivity index (χ1n) is 4.58. The third-order valence-corrected chi connectivity index (χ3v) is 1.47. The Balaban J connectivity index is 2.50. The maximum Gasteiger partial charge on any atom is 0.328 e. The largest absolute Gasteiger partial charge is 0.459 e. The van der Waals surface area contributed by atoms with Crippen LogP contribution in [0.1, 0.15) is 26.3 Å². The van der Waals surface area contributed by atoms with Gasteiger partial charge in [0, 0.05) is 6.20 Å². The van der Waals surface area contributed by atoms with Gasteiger partial charge in [0.15, 0.2) is 0 Å². The maximum atomic E-state index is 11.4. The molecule has 0 atom stereocenters. The lowest BCUT2D eigenvalue weighted by Gasteiger charge is -2.19. The van der Waals surface area contributed by atoms with E-state index in [2.05, 4.69) is 5.10 Å². The van der Waals surface area contributed by atoms with E-state index < -0.39 is 5.60 Å². The zero-order chi connectivity index (χ0) is 10.8. The molecule has 0 saturated heterocycles. The molecule has 0 fully saturated rings. The normalized spacial score (nSPS) is 11.4. The smallest absolute Gasteiger partial charge is 0.328 e. The Bertz CT molecular complexity index is 323. The fourth-order valence-electron chi connectivity index (χ4n) is 1.06. The summed E-state index contributed by atoms with van der Waals surface area (Å²) < 4.78 is 6.72. The molecule has 78 valence electrons. The number of rotatable bonds is 2. The molecule has 0 unspecified atom stereocenters. The van der Waals surface area contributed by atoms with Gasteiger partial charge in [-0.15, -0.1) is 0 Å². The fraction of sp³-hybridized carbons (Fsp3) is 0.600. The van der Waals surface area contributed by atoms with Crippen LogP contribution >= 0.6 is 0 Å². The van der Waals surface area contributed by atoms with Gasteiger partial charge in [-0.25, -0.2) is 0 Å². The van der Waals surface area contributed by atoms with Crippen molar-refractivity contribution in [3.63, 3.8) is 0 Å². The van der Waals surface area contributed by atoms with E-state index in [0.29, 0.717) is 0 Å². The quantitative estimate of drug-likeness (QED) is 0.674. The van der Waals surface area contributed by atoms with Crippen LogP contribution in [0.15, 0.2) is 12.4 Å². The molecule has 0 aromatic carbocycles. The first kappa shape index (κ1) is 10.8. The molecule has 14 heavy (non-hydrogen) atoms. The number of aromatic nitrogens is 2. The van der Waals surface area contributed by atoms with E-state index in [-0.39, 0.29) is 12.5 Å². The molecule has 4 heteroatoms. The van der Waals surface area contributed by atoms with Crippen molar-refractivity contribution in [3.05, 3.63) is 18.0 Å². The van der Waals surface area contributed by atoms with Crippen molar-refractivity contribution in [2.45, 2.75) is 39.8 Å². The van der Waals surface area contributed by atoms with Crippen LogP contribution < -0.4 is 0 Å². The Labute approximate surface area is 83.9 Å². The summed E-state index contributed by atoms with van der Waals surface area (Å²) in [7, 11) is 0. The van der Waals surface area contributed by atoms with Crippen LogP contribution in [0.4, 0.5) is 0 Å². The van der Waals surface area contributed by atoms with Gasteiger partial charge in [0.25, 0.3) is 0 Å². The van der Waals surface area contributed by atoms with Gasteiger partial charge < -0.3 is 4.74 Å². The molecular weight excluding hydrogens is 180 g/mol. The minimum Gasteiger partial charge on any atom is -0.459 e. The summed E-state index contributed by atoms with van der Waals surface area (Å²) in [6.07, 6.45) is 3.52. The lowest BCUT2D eigenvalue weighted by molar-refractivity contribution is -0.155. The lowest BCUT2D eigenvalue weighted by atomic mass is 10.2. The van der Waals surface area contributed by atoms with Crippen LogP contribution in [-0.2, 0) is 16.1 Å². The molecule has 1 rings (SSSR count). The van der Waals surface area contributed by atoms with Crippen LogP contribution in [0.5, 0.6) is 0 Å². The highest BCUT2D eigenvalue weighted by Crippen LogP contribution is 2.07. The van der Waals surface area contributed by atoms with Crippen molar-refractivity contribution in [2.24, 2.45) is 0 Å². The molecule has 0 bridgehead atoms. The maximum absolute atomic E-state index is 11.4. The summed E-state index contributed by atoms with van der Waals surface area (Å²) in [5, 5.41) is 4.00. The van der Waals surface area contributed by atoms with Crippen LogP contribution in [0, 0.1) is 6.92 Å². The van der Waals surface area contributed by atoms with Gasteiger partial charge in [-0.3, -0.25) is 9.48 Å². The summed E-state index contributed by atoms with van der Waals surface area (Å²) in [5.74, 6) is -0.263. The molecule has 0 radical (unpaired) electrons. The number of ether oxygens (including phenoxy) is 1. The molecule has 0 spiro atoms. The highest BCUT2D eigenvalue weighted by Gasteiger charge is 2.16. The van der Waals surface area contributed by atoms with Crippen LogP contribution in [0.3, 0.4) is 0 Å². The third-order valence-electron chi connectivity index (χ3n) is 1.47. The van der Waals surface area contributed by atoms with E-state index >= 15 is 0 Å². The van der Waals surface area contributed by atoms with E-state index in [0.717, 1.165) is 5.56 Å². The summed E-state index contributed by atoms with van der Waals surface area (Å²) in [5.41, 5.74) is 0.604. The molecule has 0 aliphatic heterocycles. The lowest BCUT2D eigenvalue weighted by Crippen LogP contribution is -2.26. The standard InChI is InChI=1S/C10H16N2O2/c1-8-5-11-12(6-8)7-9(13)14-10(2,3)4/h5-6H,7H2,1-4H3. The molecule has 0 N–H and O–H groups in total. The second kappa shape index (κ2) is 3.82.